The molecule has 0 saturated heterocycles. The average Bonchev–Trinajstić information content (AvgIpc) is 2.41. The minimum absolute atomic E-state index is 0. The maximum atomic E-state index is 11.8. The molecule has 0 spiro atoms. The van der Waals surface area contributed by atoms with Crippen molar-refractivity contribution in [3.05, 3.63) is 46.0 Å². The van der Waals surface area contributed by atoms with Crippen molar-refractivity contribution in [3.63, 3.8) is 0 Å². The van der Waals surface area contributed by atoms with Crippen LogP contribution in [0, 0.1) is 12.8 Å². The Hall–Kier alpha value is -1.68. The summed E-state index contributed by atoms with van der Waals surface area (Å²) in [6, 6.07) is 7.11. The summed E-state index contributed by atoms with van der Waals surface area (Å²) in [7, 11) is 0. The summed E-state index contributed by atoms with van der Waals surface area (Å²) >= 11 is 0. The third kappa shape index (κ3) is 6.39. The molecule has 0 aliphatic heterocycles. The highest BCUT2D eigenvalue weighted by Crippen LogP contribution is 2.22. The Balaban J connectivity index is 0.00000441. The highest BCUT2D eigenvalue weighted by molar-refractivity contribution is 5.85. The first kappa shape index (κ1) is 20.3. The van der Waals surface area contributed by atoms with Crippen LogP contribution in [0.15, 0.2) is 33.5 Å². The van der Waals surface area contributed by atoms with E-state index in [0.29, 0.717) is 24.0 Å². The number of aryl methyl sites for hydroxylation is 2. The van der Waals surface area contributed by atoms with Crippen molar-refractivity contribution >= 4 is 18.1 Å². The second-order valence-corrected chi connectivity index (χ2v) is 5.43. The fourth-order valence-corrected chi connectivity index (χ4v) is 1.86. The molecule has 22 heavy (non-hydrogen) atoms. The Labute approximate surface area is 138 Å². The van der Waals surface area contributed by atoms with E-state index in [-0.39, 0.29) is 18.1 Å². The summed E-state index contributed by atoms with van der Waals surface area (Å²) in [6.45, 7) is 8.55. The molecule has 1 aromatic rings. The Bertz CT molecular complexity index is 581. The van der Waals surface area contributed by atoms with Gasteiger partial charge in [-0.3, -0.25) is 0 Å². The first-order valence-electron chi connectivity index (χ1n) is 7.34. The van der Waals surface area contributed by atoms with Crippen LogP contribution in [0.1, 0.15) is 38.5 Å². The van der Waals surface area contributed by atoms with Gasteiger partial charge >= 0.3 is 5.63 Å². The van der Waals surface area contributed by atoms with Crippen molar-refractivity contribution in [3.8, 4) is 5.75 Å². The summed E-state index contributed by atoms with van der Waals surface area (Å²) in [6.07, 6.45) is 1.83. The van der Waals surface area contributed by atoms with Crippen molar-refractivity contribution in [2.24, 2.45) is 5.92 Å². The Morgan fingerprint density at radius 1 is 1.27 bits per heavy atom. The number of ether oxygens (including phenoxy) is 1. The van der Waals surface area contributed by atoms with Crippen molar-refractivity contribution < 1.29 is 9.15 Å². The van der Waals surface area contributed by atoms with Crippen molar-refractivity contribution in [2.75, 3.05) is 12.3 Å². The second kappa shape index (κ2) is 10.1. The number of nitrogen functional groups attached to an aromatic ring is 1. The molecule has 124 valence electrons. The Kier molecular flexibility index (Phi) is 9.34. The molecule has 0 amide bonds. The zero-order valence-corrected chi connectivity index (χ0v) is 14.5. The zero-order valence-electron chi connectivity index (χ0n) is 13.7. The Morgan fingerprint density at radius 2 is 1.91 bits per heavy atom. The van der Waals surface area contributed by atoms with Crippen LogP contribution in [0.3, 0.4) is 0 Å². The molecule has 0 aromatic carbocycles. The maximum absolute atomic E-state index is 11.8. The smallest absolute Gasteiger partial charge is 0.359 e. The van der Waals surface area contributed by atoms with Crippen LogP contribution in [0.2, 0.25) is 0 Å². The van der Waals surface area contributed by atoms with Crippen LogP contribution in [-0.2, 0) is 6.42 Å². The van der Waals surface area contributed by atoms with Gasteiger partial charge in [0, 0.05) is 0 Å². The molecule has 5 heteroatoms. The predicted octanol–water partition coefficient (Wildman–Crippen LogP) is 4.06. The lowest BCUT2D eigenvalue weighted by atomic mass is 10.1. The van der Waals surface area contributed by atoms with Crippen molar-refractivity contribution in [1.29, 1.82) is 0 Å². The van der Waals surface area contributed by atoms with E-state index in [2.05, 4.69) is 20.8 Å². The fraction of sp³-hybridized carbons (Fsp3) is 0.471. The van der Waals surface area contributed by atoms with E-state index in [4.69, 9.17) is 14.9 Å². The van der Waals surface area contributed by atoms with Crippen LogP contribution in [0.5, 0.6) is 5.75 Å². The van der Waals surface area contributed by atoms with Crippen LogP contribution in [0.25, 0.3) is 0 Å². The largest absolute Gasteiger partial charge is 0.489 e. The van der Waals surface area contributed by atoms with Gasteiger partial charge in [-0.25, -0.2) is 4.79 Å². The van der Waals surface area contributed by atoms with Gasteiger partial charge in [-0.2, -0.15) is 0 Å². The molecule has 0 atom stereocenters. The molecule has 4 nitrogen and oxygen atoms in total. The summed E-state index contributed by atoms with van der Waals surface area (Å²) in [5.41, 5.74) is 6.18. The molecule has 1 heterocycles. The summed E-state index contributed by atoms with van der Waals surface area (Å²) in [5.74, 6) is 1.48. The molecule has 1 aromatic heterocycles. The molecule has 0 fully saturated rings. The SMILES string of the molecule is CCCc1ccccc(N)c(=O)oc(C)c1OCC(C)C.Cl. The van der Waals surface area contributed by atoms with Crippen LogP contribution in [0.4, 0.5) is 5.69 Å². The molecular formula is C17H26ClNO3. The maximum Gasteiger partial charge on any atom is 0.359 e. The third-order valence-electron chi connectivity index (χ3n) is 2.86. The minimum Gasteiger partial charge on any atom is -0.489 e. The van der Waals surface area contributed by atoms with Crippen LogP contribution < -0.4 is 16.1 Å². The number of rotatable bonds is 5. The monoisotopic (exact) mass is 327 g/mol. The van der Waals surface area contributed by atoms with Gasteiger partial charge in [0.25, 0.3) is 0 Å². The lowest BCUT2D eigenvalue weighted by Crippen LogP contribution is -2.08. The normalized spacial score (nSPS) is 9.86. The van der Waals surface area contributed by atoms with Gasteiger partial charge in [-0.15, -0.1) is 12.4 Å². The summed E-state index contributed by atoms with van der Waals surface area (Å²) < 4.78 is 11.2. The molecule has 0 aliphatic carbocycles. The van der Waals surface area contributed by atoms with Crippen molar-refractivity contribution in [1.82, 2.24) is 0 Å². The van der Waals surface area contributed by atoms with E-state index in [9.17, 15) is 4.79 Å². The zero-order chi connectivity index (χ0) is 15.8. The fourth-order valence-electron chi connectivity index (χ4n) is 1.86. The first-order chi connectivity index (χ1) is 9.95. The summed E-state index contributed by atoms with van der Waals surface area (Å²) in [5, 5.41) is 0. The number of halogens is 1. The standard InChI is InChI=1S/C17H25NO3.ClH/c1-5-8-14-9-6-7-10-15(18)17(19)21-13(4)16(14)20-11-12(2)3;/h6-7,9-10,12H,5,8,11,18H2,1-4H3;1H. The van der Waals surface area contributed by atoms with Gasteiger partial charge in [-0.1, -0.05) is 45.4 Å². The number of hydrogen-bond acceptors (Lipinski definition) is 4. The molecule has 0 aliphatic rings. The van der Waals surface area contributed by atoms with Crippen LogP contribution >= 0.6 is 12.4 Å². The van der Waals surface area contributed by atoms with E-state index in [1.165, 1.54) is 6.07 Å². The molecular weight excluding hydrogens is 302 g/mol. The van der Waals surface area contributed by atoms with Gasteiger partial charge in [0.05, 0.1) is 6.61 Å². The molecule has 1 rings (SSSR count). The topological polar surface area (TPSA) is 65.5 Å². The van der Waals surface area contributed by atoms with Gasteiger partial charge in [0.2, 0.25) is 0 Å². The molecule has 0 radical (unpaired) electrons. The first-order valence-corrected chi connectivity index (χ1v) is 7.34. The summed E-state index contributed by atoms with van der Waals surface area (Å²) in [4.78, 5) is 11.8. The lowest BCUT2D eigenvalue weighted by molar-refractivity contribution is 0.257. The molecule has 0 bridgehead atoms. The van der Waals surface area contributed by atoms with E-state index in [0.717, 1.165) is 18.4 Å². The quantitative estimate of drug-likeness (QED) is 0.885. The van der Waals surface area contributed by atoms with E-state index >= 15 is 0 Å². The number of nitrogens with two attached hydrogens (primary N) is 1. The average molecular weight is 328 g/mol. The number of anilines is 1. The van der Waals surface area contributed by atoms with E-state index < -0.39 is 5.63 Å². The van der Waals surface area contributed by atoms with Gasteiger partial charge in [0.15, 0.2) is 5.75 Å². The molecule has 2 N–H and O–H groups in total. The molecule has 0 unspecified atom stereocenters. The Morgan fingerprint density at radius 3 is 2.50 bits per heavy atom. The van der Waals surface area contributed by atoms with E-state index in [1.807, 2.05) is 12.1 Å². The van der Waals surface area contributed by atoms with Gasteiger partial charge in [0.1, 0.15) is 11.4 Å². The highest BCUT2D eigenvalue weighted by Gasteiger charge is 2.08. The lowest BCUT2D eigenvalue weighted by Gasteiger charge is -2.12. The van der Waals surface area contributed by atoms with Gasteiger partial charge in [-0.05, 0) is 30.9 Å². The number of hydrogen-bond donors (Lipinski definition) is 1. The predicted molar refractivity (Wildman–Crippen MR) is 93.3 cm³/mol. The third-order valence-corrected chi connectivity index (χ3v) is 2.86. The molecule has 0 saturated carbocycles. The van der Waals surface area contributed by atoms with E-state index in [1.54, 1.807) is 13.0 Å². The highest BCUT2D eigenvalue weighted by atomic mass is 35.5. The van der Waals surface area contributed by atoms with Crippen LogP contribution in [-0.4, -0.2) is 6.61 Å². The van der Waals surface area contributed by atoms with Gasteiger partial charge < -0.3 is 14.9 Å². The minimum atomic E-state index is -0.555. The van der Waals surface area contributed by atoms with Crippen molar-refractivity contribution in [2.45, 2.75) is 40.5 Å². The second-order valence-electron chi connectivity index (χ2n) is 5.43.